The molecule has 0 aliphatic heterocycles. The van der Waals surface area contributed by atoms with Crippen LogP contribution in [0.4, 0.5) is 0 Å². The molecule has 0 amide bonds. The van der Waals surface area contributed by atoms with Crippen LogP contribution in [0.25, 0.3) is 77.2 Å². The van der Waals surface area contributed by atoms with Gasteiger partial charge in [-0.15, -0.1) is 0 Å². The van der Waals surface area contributed by atoms with Crippen molar-refractivity contribution in [1.82, 2.24) is 9.13 Å². The van der Waals surface area contributed by atoms with Crippen LogP contribution in [0.2, 0.25) is 0 Å². The predicted molar refractivity (Wildman–Crippen MR) is 201 cm³/mol. The van der Waals surface area contributed by atoms with Gasteiger partial charge in [0.1, 0.15) is 0 Å². The van der Waals surface area contributed by atoms with E-state index < -0.39 is 0 Å². The zero-order chi connectivity index (χ0) is 33.1. The summed E-state index contributed by atoms with van der Waals surface area (Å²) in [4.78, 5) is 0. The number of aromatic nitrogens is 2. The molecule has 1 unspecified atom stereocenters. The topological polar surface area (TPSA) is 57.4 Å². The van der Waals surface area contributed by atoms with E-state index in [1.807, 2.05) is 0 Å². The number of rotatable bonds is 4. The van der Waals surface area contributed by atoms with Gasteiger partial charge in [-0.3, -0.25) is 0 Å². The number of fused-ring (bicyclic) bond motifs is 6. The van der Waals surface area contributed by atoms with Crippen molar-refractivity contribution in [3.63, 3.8) is 0 Å². The van der Waals surface area contributed by atoms with Gasteiger partial charge in [-0.05, 0) is 78.1 Å². The Hall–Kier alpha value is -6.62. The van der Waals surface area contributed by atoms with Crippen molar-refractivity contribution in [2.24, 2.45) is 5.92 Å². The molecule has 4 nitrogen and oxygen atoms in total. The van der Waals surface area contributed by atoms with Gasteiger partial charge in [-0.2, -0.15) is 10.5 Å². The van der Waals surface area contributed by atoms with Crippen molar-refractivity contribution in [1.29, 1.82) is 10.5 Å². The first-order chi connectivity index (χ1) is 24.2. The van der Waals surface area contributed by atoms with Crippen LogP contribution in [0.15, 0.2) is 146 Å². The lowest BCUT2D eigenvalue weighted by Gasteiger charge is -2.18. The number of para-hydroxylation sites is 3. The molecular weight excluding hydrogens is 597 g/mol. The van der Waals surface area contributed by atoms with E-state index in [1.165, 1.54) is 16.3 Å². The monoisotopic (exact) mass is 626 g/mol. The largest absolute Gasteiger partial charge is 0.309 e. The Bertz CT molecular complexity index is 2740. The van der Waals surface area contributed by atoms with Gasteiger partial charge in [-0.25, -0.2) is 0 Å². The lowest BCUT2D eigenvalue weighted by atomic mass is 9.90. The normalized spacial score (nSPS) is 14.3. The van der Waals surface area contributed by atoms with Gasteiger partial charge in [0.05, 0.1) is 45.3 Å². The highest BCUT2D eigenvalue weighted by Crippen LogP contribution is 2.46. The summed E-state index contributed by atoms with van der Waals surface area (Å²) in [5.74, 6) is 0.459. The van der Waals surface area contributed by atoms with E-state index in [9.17, 15) is 10.5 Å². The predicted octanol–water partition coefficient (Wildman–Crippen LogP) is 11.4. The van der Waals surface area contributed by atoms with Crippen LogP contribution in [0.5, 0.6) is 0 Å². The highest BCUT2D eigenvalue weighted by molar-refractivity contribution is 6.21. The Balaban J connectivity index is 1.40. The summed E-state index contributed by atoms with van der Waals surface area (Å²) in [6.07, 6.45) is 7.72. The molecule has 0 radical (unpaired) electrons. The Kier molecular flexibility index (Phi) is 6.57. The summed E-state index contributed by atoms with van der Waals surface area (Å²) in [5, 5.41) is 25.2. The second-order valence-electron chi connectivity index (χ2n) is 12.8. The van der Waals surface area contributed by atoms with Crippen molar-refractivity contribution >= 4 is 49.3 Å². The van der Waals surface area contributed by atoms with Crippen molar-refractivity contribution in [3.8, 4) is 40.1 Å². The lowest BCUT2D eigenvalue weighted by molar-refractivity contribution is 0.735. The first kappa shape index (κ1) is 28.6. The molecule has 0 saturated carbocycles. The molecule has 0 saturated heterocycles. The zero-order valence-corrected chi connectivity index (χ0v) is 26.9. The fourth-order valence-corrected chi connectivity index (χ4v) is 7.71. The van der Waals surface area contributed by atoms with E-state index >= 15 is 0 Å². The highest BCUT2D eigenvalue weighted by Gasteiger charge is 2.24. The zero-order valence-electron chi connectivity index (χ0n) is 26.9. The minimum absolute atomic E-state index is 0.459. The van der Waals surface area contributed by atoms with E-state index in [-0.39, 0.29) is 0 Å². The van der Waals surface area contributed by atoms with Gasteiger partial charge in [0, 0.05) is 44.1 Å². The van der Waals surface area contributed by atoms with E-state index in [1.54, 1.807) is 18.2 Å². The summed E-state index contributed by atoms with van der Waals surface area (Å²) in [6.45, 7) is 2.23. The molecule has 8 aromatic rings. The molecule has 1 atom stereocenters. The van der Waals surface area contributed by atoms with E-state index in [0.29, 0.717) is 22.6 Å². The van der Waals surface area contributed by atoms with Crippen LogP contribution in [0.1, 0.15) is 24.5 Å². The molecule has 230 valence electrons. The third-order valence-corrected chi connectivity index (χ3v) is 9.94. The van der Waals surface area contributed by atoms with Crippen molar-refractivity contribution in [2.75, 3.05) is 0 Å². The Morgan fingerprint density at radius 2 is 1.27 bits per heavy atom. The number of hydrogen-bond donors (Lipinski definition) is 0. The average molecular weight is 627 g/mol. The summed E-state index contributed by atoms with van der Waals surface area (Å²) in [7, 11) is 0. The van der Waals surface area contributed by atoms with Gasteiger partial charge in [-0.1, -0.05) is 97.9 Å². The second-order valence-corrected chi connectivity index (χ2v) is 12.8. The van der Waals surface area contributed by atoms with E-state index in [2.05, 4.69) is 156 Å². The number of hydrogen-bond acceptors (Lipinski definition) is 2. The Morgan fingerprint density at radius 3 is 1.98 bits per heavy atom. The van der Waals surface area contributed by atoms with Crippen molar-refractivity contribution in [3.05, 3.63) is 157 Å². The van der Waals surface area contributed by atoms with Crippen LogP contribution in [0.3, 0.4) is 0 Å². The fraction of sp³-hybridized carbons (Fsp3) is 0.0667. The molecule has 0 bridgehead atoms. The molecule has 0 N–H and O–H groups in total. The second kappa shape index (κ2) is 11.3. The van der Waals surface area contributed by atoms with Crippen LogP contribution in [0, 0.1) is 28.6 Å². The molecule has 49 heavy (non-hydrogen) atoms. The molecule has 6 aromatic carbocycles. The maximum atomic E-state index is 10.3. The molecule has 0 fully saturated rings. The van der Waals surface area contributed by atoms with Crippen LogP contribution < -0.4 is 0 Å². The van der Waals surface area contributed by atoms with Crippen molar-refractivity contribution < 1.29 is 0 Å². The summed E-state index contributed by atoms with van der Waals surface area (Å²) in [6, 6.07) is 48.9. The summed E-state index contributed by atoms with van der Waals surface area (Å²) < 4.78 is 4.67. The van der Waals surface area contributed by atoms with Crippen LogP contribution >= 0.6 is 0 Å². The lowest BCUT2D eigenvalue weighted by Crippen LogP contribution is -2.02. The first-order valence-corrected chi connectivity index (χ1v) is 16.6. The molecule has 9 rings (SSSR count). The van der Waals surface area contributed by atoms with Gasteiger partial charge in [0.15, 0.2) is 0 Å². The standard InChI is InChI=1S/C45H30N4/c1-29-18-21-34(22-19-29)49-41-17-8-6-15-37(41)44-35(23-24-38(45(44)49)43-31(27-46)10-9-11-32(43)28-47)30-20-25-42-39(26-30)36-14-5-7-16-40(36)48(42)33-12-3-2-4-13-33/h2-18,20-26,29H,19H2,1H3. The molecule has 0 spiro atoms. The van der Waals surface area contributed by atoms with E-state index in [4.69, 9.17) is 0 Å². The van der Waals surface area contributed by atoms with Gasteiger partial charge in [0.25, 0.3) is 0 Å². The van der Waals surface area contributed by atoms with Crippen molar-refractivity contribution in [2.45, 2.75) is 13.3 Å². The first-order valence-electron chi connectivity index (χ1n) is 16.6. The summed E-state index contributed by atoms with van der Waals surface area (Å²) >= 11 is 0. The van der Waals surface area contributed by atoms with Crippen LogP contribution in [-0.2, 0) is 0 Å². The third kappa shape index (κ3) is 4.36. The smallest absolute Gasteiger partial charge is 0.0998 e. The number of allylic oxidation sites excluding steroid dienone is 4. The molecule has 1 aliphatic rings. The quantitative estimate of drug-likeness (QED) is 0.195. The summed E-state index contributed by atoms with van der Waals surface area (Å²) in [5.41, 5.74) is 11.4. The Morgan fingerprint density at radius 1 is 0.612 bits per heavy atom. The SMILES string of the molecule is CC1C=CC(n2c3ccccc3c3c(-c4ccc5c(c4)c4ccccc4n5-c4ccccc4)ccc(-c4c(C#N)cccc4C#N)c32)=CC1. The average Bonchev–Trinajstić information content (AvgIpc) is 3.68. The minimum atomic E-state index is 0.459. The maximum Gasteiger partial charge on any atom is 0.0998 e. The Labute approximate surface area is 284 Å². The number of nitrogens with zero attached hydrogens (tertiary/aromatic N) is 4. The molecule has 2 heterocycles. The maximum absolute atomic E-state index is 10.3. The van der Waals surface area contributed by atoms with E-state index in [0.717, 1.165) is 61.8 Å². The van der Waals surface area contributed by atoms with Gasteiger partial charge in [0.2, 0.25) is 0 Å². The van der Waals surface area contributed by atoms with Gasteiger partial charge < -0.3 is 9.13 Å². The molecule has 4 heteroatoms. The highest BCUT2D eigenvalue weighted by atomic mass is 15.0. The molecule has 2 aromatic heterocycles. The number of nitriles is 2. The molecule has 1 aliphatic carbocycles. The van der Waals surface area contributed by atoms with Crippen LogP contribution in [-0.4, -0.2) is 9.13 Å². The third-order valence-electron chi connectivity index (χ3n) is 9.94. The van der Waals surface area contributed by atoms with Gasteiger partial charge >= 0.3 is 0 Å². The fourth-order valence-electron chi connectivity index (χ4n) is 7.71. The molecular formula is C45H30N4. The number of benzene rings is 6. The minimum Gasteiger partial charge on any atom is -0.309 e.